The predicted octanol–water partition coefficient (Wildman–Crippen LogP) is 3.20. The van der Waals surface area contributed by atoms with E-state index in [4.69, 9.17) is 0 Å². The summed E-state index contributed by atoms with van der Waals surface area (Å²) in [5, 5.41) is 15.4. The van der Waals surface area contributed by atoms with Crippen molar-refractivity contribution in [3.63, 3.8) is 0 Å². The number of hydrogen-bond donors (Lipinski definition) is 2. The number of aromatic nitrogens is 2. The lowest BCUT2D eigenvalue weighted by molar-refractivity contribution is 0.0696. The summed E-state index contributed by atoms with van der Waals surface area (Å²) in [5.41, 5.74) is 1.21. The maximum Gasteiger partial charge on any atom is 0.339 e. The molecule has 0 aliphatic carbocycles. The van der Waals surface area contributed by atoms with Gasteiger partial charge in [0.25, 0.3) is 0 Å². The number of aromatic carboxylic acids is 1. The van der Waals surface area contributed by atoms with Crippen LogP contribution in [-0.4, -0.2) is 21.0 Å². The molecule has 0 saturated heterocycles. The van der Waals surface area contributed by atoms with E-state index >= 15 is 0 Å². The topological polar surface area (TPSA) is 75.1 Å². The van der Waals surface area contributed by atoms with Crippen LogP contribution in [0.5, 0.6) is 0 Å². The Morgan fingerprint density at radius 1 is 1.40 bits per heavy atom. The number of carboxylic acids is 1. The Labute approximate surface area is 121 Å². The average molecular weight is 291 g/mol. The number of nitrogens with one attached hydrogen (secondary N) is 1. The molecule has 2 N–H and O–H groups in total. The summed E-state index contributed by atoms with van der Waals surface area (Å²) in [6.07, 6.45) is 1.73. The van der Waals surface area contributed by atoms with E-state index in [-0.39, 0.29) is 5.56 Å². The van der Waals surface area contributed by atoms with Gasteiger partial charge in [-0.15, -0.1) is 11.3 Å². The van der Waals surface area contributed by atoms with Crippen molar-refractivity contribution < 1.29 is 9.90 Å². The smallest absolute Gasteiger partial charge is 0.339 e. The van der Waals surface area contributed by atoms with Crippen LogP contribution in [0.25, 0.3) is 0 Å². The molecule has 0 unspecified atom stereocenters. The zero-order chi connectivity index (χ0) is 14.9. The molecule has 0 radical (unpaired) electrons. The zero-order valence-electron chi connectivity index (χ0n) is 11.9. The SMILES string of the molecule is Cc1cc(C)c(C(=O)O)c(NC(C)(C)c2nccs2)n1. The Kier molecular flexibility index (Phi) is 3.76. The lowest BCUT2D eigenvalue weighted by atomic mass is 10.0. The Bertz CT molecular complexity index is 636. The molecule has 2 aromatic heterocycles. The van der Waals surface area contributed by atoms with E-state index in [2.05, 4.69) is 15.3 Å². The summed E-state index contributed by atoms with van der Waals surface area (Å²) < 4.78 is 0. The number of carbonyl (C=O) groups is 1. The highest BCUT2D eigenvalue weighted by Gasteiger charge is 2.26. The van der Waals surface area contributed by atoms with Crippen LogP contribution in [-0.2, 0) is 5.54 Å². The van der Waals surface area contributed by atoms with E-state index in [0.29, 0.717) is 11.4 Å². The van der Waals surface area contributed by atoms with Crippen LogP contribution in [0.4, 0.5) is 5.82 Å². The Balaban J connectivity index is 2.46. The van der Waals surface area contributed by atoms with Gasteiger partial charge in [-0.1, -0.05) is 0 Å². The van der Waals surface area contributed by atoms with Crippen LogP contribution in [0, 0.1) is 13.8 Å². The van der Waals surface area contributed by atoms with Gasteiger partial charge >= 0.3 is 5.97 Å². The number of hydrogen-bond acceptors (Lipinski definition) is 5. The van der Waals surface area contributed by atoms with Gasteiger partial charge in [0, 0.05) is 17.3 Å². The van der Waals surface area contributed by atoms with E-state index < -0.39 is 11.5 Å². The van der Waals surface area contributed by atoms with Crippen LogP contribution in [0.2, 0.25) is 0 Å². The fraction of sp³-hybridized carbons (Fsp3) is 0.357. The minimum absolute atomic E-state index is 0.209. The van der Waals surface area contributed by atoms with E-state index in [1.807, 2.05) is 26.2 Å². The first-order valence-electron chi connectivity index (χ1n) is 6.21. The van der Waals surface area contributed by atoms with E-state index in [0.717, 1.165) is 10.7 Å². The Morgan fingerprint density at radius 3 is 2.65 bits per heavy atom. The quantitative estimate of drug-likeness (QED) is 0.904. The monoisotopic (exact) mass is 291 g/mol. The molecule has 2 heterocycles. The lowest BCUT2D eigenvalue weighted by Gasteiger charge is -2.26. The van der Waals surface area contributed by atoms with Crippen molar-refractivity contribution in [1.82, 2.24) is 9.97 Å². The average Bonchev–Trinajstić information content (AvgIpc) is 2.79. The van der Waals surface area contributed by atoms with E-state index in [1.54, 1.807) is 19.2 Å². The minimum Gasteiger partial charge on any atom is -0.478 e. The molecule has 0 amide bonds. The molecule has 0 bridgehead atoms. The third-order valence-corrected chi connectivity index (χ3v) is 4.05. The third kappa shape index (κ3) is 2.80. The molecule has 0 atom stereocenters. The summed E-state index contributed by atoms with van der Waals surface area (Å²) in [4.78, 5) is 20.1. The molecule has 2 rings (SSSR count). The van der Waals surface area contributed by atoms with Crippen LogP contribution in [0.1, 0.15) is 40.5 Å². The van der Waals surface area contributed by atoms with Crippen LogP contribution < -0.4 is 5.32 Å². The molecule has 0 aromatic carbocycles. The Morgan fingerprint density at radius 2 is 2.10 bits per heavy atom. The highest BCUT2D eigenvalue weighted by molar-refractivity contribution is 7.09. The summed E-state index contributed by atoms with van der Waals surface area (Å²) in [6, 6.07) is 1.77. The third-order valence-electron chi connectivity index (χ3n) is 2.96. The van der Waals surface area contributed by atoms with Crippen LogP contribution in [0.15, 0.2) is 17.6 Å². The number of nitrogens with zero attached hydrogens (tertiary/aromatic N) is 2. The largest absolute Gasteiger partial charge is 0.478 e. The Hall–Kier alpha value is -1.95. The van der Waals surface area contributed by atoms with Gasteiger partial charge in [-0.05, 0) is 39.3 Å². The molecule has 0 aliphatic heterocycles. The molecule has 0 saturated carbocycles. The molecular weight excluding hydrogens is 274 g/mol. The molecule has 0 aliphatic rings. The van der Waals surface area contributed by atoms with Crippen LogP contribution >= 0.6 is 11.3 Å². The van der Waals surface area contributed by atoms with E-state index in [9.17, 15) is 9.90 Å². The van der Waals surface area contributed by atoms with Crippen molar-refractivity contribution in [1.29, 1.82) is 0 Å². The highest BCUT2D eigenvalue weighted by atomic mass is 32.1. The normalized spacial score (nSPS) is 11.4. The molecular formula is C14H17N3O2S. The van der Waals surface area contributed by atoms with Crippen molar-refractivity contribution in [2.45, 2.75) is 33.2 Å². The zero-order valence-corrected chi connectivity index (χ0v) is 12.7. The second-order valence-electron chi connectivity index (χ2n) is 5.20. The molecule has 0 fully saturated rings. The molecule has 0 spiro atoms. The van der Waals surface area contributed by atoms with Crippen molar-refractivity contribution in [3.05, 3.63) is 39.5 Å². The van der Waals surface area contributed by atoms with Gasteiger partial charge in [0.05, 0.1) is 5.54 Å². The number of aryl methyl sites for hydroxylation is 2. The molecule has 2 aromatic rings. The minimum atomic E-state index is -0.979. The lowest BCUT2D eigenvalue weighted by Crippen LogP contribution is -2.29. The van der Waals surface area contributed by atoms with Gasteiger partial charge < -0.3 is 10.4 Å². The number of pyridine rings is 1. The second-order valence-corrected chi connectivity index (χ2v) is 6.09. The highest BCUT2D eigenvalue weighted by Crippen LogP contribution is 2.29. The summed E-state index contributed by atoms with van der Waals surface area (Å²) >= 11 is 1.52. The van der Waals surface area contributed by atoms with Gasteiger partial charge in [-0.2, -0.15) is 0 Å². The van der Waals surface area contributed by atoms with Crippen molar-refractivity contribution in [2.75, 3.05) is 5.32 Å². The summed E-state index contributed by atoms with van der Waals surface area (Å²) in [6.45, 7) is 7.54. The first kappa shape index (κ1) is 14.5. The summed E-state index contributed by atoms with van der Waals surface area (Å²) in [5.74, 6) is -0.595. The van der Waals surface area contributed by atoms with Gasteiger partial charge in [-0.3, -0.25) is 0 Å². The maximum absolute atomic E-state index is 11.4. The summed E-state index contributed by atoms with van der Waals surface area (Å²) in [7, 11) is 0. The first-order chi connectivity index (χ1) is 9.31. The number of thiazole rings is 1. The van der Waals surface area contributed by atoms with Crippen molar-refractivity contribution in [2.24, 2.45) is 0 Å². The van der Waals surface area contributed by atoms with Gasteiger partial charge in [-0.25, -0.2) is 14.8 Å². The number of rotatable bonds is 4. The van der Waals surface area contributed by atoms with Gasteiger partial charge in [0.1, 0.15) is 16.4 Å². The second kappa shape index (κ2) is 5.20. The van der Waals surface area contributed by atoms with Crippen molar-refractivity contribution >= 4 is 23.1 Å². The molecule has 6 heteroatoms. The first-order valence-corrected chi connectivity index (χ1v) is 7.09. The molecule has 20 heavy (non-hydrogen) atoms. The van der Waals surface area contributed by atoms with Gasteiger partial charge in [0.2, 0.25) is 0 Å². The maximum atomic E-state index is 11.4. The van der Waals surface area contributed by atoms with Crippen molar-refractivity contribution in [3.8, 4) is 0 Å². The predicted molar refractivity (Wildman–Crippen MR) is 79.4 cm³/mol. The number of carboxylic acid groups (broad SMARTS) is 1. The molecule has 106 valence electrons. The van der Waals surface area contributed by atoms with Gasteiger partial charge in [0.15, 0.2) is 0 Å². The fourth-order valence-corrected chi connectivity index (χ4v) is 2.80. The fourth-order valence-electron chi connectivity index (χ4n) is 2.08. The van der Waals surface area contributed by atoms with E-state index in [1.165, 1.54) is 11.3 Å². The standard InChI is InChI=1S/C14H17N3O2S/c1-8-7-9(2)16-11(10(8)12(18)19)17-14(3,4)13-15-5-6-20-13/h5-7H,1-4H3,(H,16,17)(H,18,19). The van der Waals surface area contributed by atoms with Crippen LogP contribution in [0.3, 0.4) is 0 Å². The number of anilines is 1. The molecule has 5 nitrogen and oxygen atoms in total.